The molecule has 1 N–H and O–H groups in total. The average Bonchev–Trinajstić information content (AvgIpc) is 2.18. The molecule has 0 saturated carbocycles. The molecule has 0 radical (unpaired) electrons. The number of hydrogen-bond acceptors (Lipinski definition) is 2. The molecule has 1 aliphatic rings. The van der Waals surface area contributed by atoms with Gasteiger partial charge in [-0.15, -0.1) is 0 Å². The van der Waals surface area contributed by atoms with E-state index in [1.165, 1.54) is 38.9 Å². The third kappa shape index (κ3) is 2.96. The van der Waals surface area contributed by atoms with Gasteiger partial charge in [0.25, 0.3) is 0 Å². The maximum atomic E-state index is 3.44. The van der Waals surface area contributed by atoms with Crippen molar-refractivity contribution >= 4 is 0 Å². The topological polar surface area (TPSA) is 15.3 Å². The highest BCUT2D eigenvalue weighted by Crippen LogP contribution is 2.19. The van der Waals surface area contributed by atoms with Gasteiger partial charge in [0, 0.05) is 12.6 Å². The van der Waals surface area contributed by atoms with Crippen LogP contribution in [0.15, 0.2) is 0 Å². The molecule has 1 fully saturated rings. The van der Waals surface area contributed by atoms with Crippen LogP contribution in [0.3, 0.4) is 0 Å². The van der Waals surface area contributed by atoms with Gasteiger partial charge in [-0.2, -0.15) is 0 Å². The lowest BCUT2D eigenvalue weighted by Gasteiger charge is -2.38. The second-order valence-corrected chi connectivity index (χ2v) is 4.15. The summed E-state index contributed by atoms with van der Waals surface area (Å²) in [7, 11) is 2.10. The summed E-state index contributed by atoms with van der Waals surface area (Å²) in [5, 5.41) is 3.44. The Balaban J connectivity index is 2.38. The molecule has 1 saturated heterocycles. The van der Waals surface area contributed by atoms with E-state index in [1.54, 1.807) is 0 Å². The maximum absolute atomic E-state index is 3.44. The molecule has 2 nitrogen and oxygen atoms in total. The molecule has 0 amide bonds. The minimum Gasteiger partial charge on any atom is -0.317 e. The van der Waals surface area contributed by atoms with E-state index in [0.717, 1.165) is 12.0 Å². The van der Waals surface area contributed by atoms with Crippen molar-refractivity contribution in [3.8, 4) is 0 Å². The average molecular weight is 184 g/mol. The molecule has 1 rings (SSSR count). The largest absolute Gasteiger partial charge is 0.317 e. The predicted octanol–water partition coefficient (Wildman–Crippen LogP) is 1.72. The molecule has 2 atom stereocenters. The number of hydrogen-bond donors (Lipinski definition) is 1. The van der Waals surface area contributed by atoms with Gasteiger partial charge in [-0.05, 0) is 38.9 Å². The SMILES string of the molecule is CCCN1CCC(NC)C(CC)C1. The number of piperidine rings is 1. The second kappa shape index (κ2) is 5.61. The molecular formula is C11H24N2. The van der Waals surface area contributed by atoms with Gasteiger partial charge in [-0.25, -0.2) is 0 Å². The van der Waals surface area contributed by atoms with Crippen molar-refractivity contribution in [3.05, 3.63) is 0 Å². The van der Waals surface area contributed by atoms with Crippen molar-refractivity contribution in [3.63, 3.8) is 0 Å². The molecule has 1 heterocycles. The predicted molar refractivity (Wildman–Crippen MR) is 58.0 cm³/mol. The Bertz CT molecular complexity index is 136. The quantitative estimate of drug-likeness (QED) is 0.715. The third-order valence-electron chi connectivity index (χ3n) is 3.25. The van der Waals surface area contributed by atoms with Crippen molar-refractivity contribution < 1.29 is 0 Å². The van der Waals surface area contributed by atoms with Crippen molar-refractivity contribution in [2.75, 3.05) is 26.7 Å². The summed E-state index contributed by atoms with van der Waals surface area (Å²) < 4.78 is 0. The normalized spacial score (nSPS) is 30.7. The first-order valence-corrected chi connectivity index (χ1v) is 5.71. The van der Waals surface area contributed by atoms with Crippen molar-refractivity contribution in [1.29, 1.82) is 0 Å². The molecule has 0 aromatic rings. The number of nitrogens with one attached hydrogen (secondary N) is 1. The Kier molecular flexibility index (Phi) is 4.74. The van der Waals surface area contributed by atoms with Gasteiger partial charge in [0.1, 0.15) is 0 Å². The molecule has 1 aliphatic heterocycles. The van der Waals surface area contributed by atoms with Crippen LogP contribution in [-0.4, -0.2) is 37.6 Å². The molecule has 0 aliphatic carbocycles. The van der Waals surface area contributed by atoms with Crippen LogP contribution in [0.25, 0.3) is 0 Å². The van der Waals surface area contributed by atoms with Crippen molar-refractivity contribution in [2.45, 2.75) is 39.2 Å². The monoisotopic (exact) mass is 184 g/mol. The van der Waals surface area contributed by atoms with Gasteiger partial charge < -0.3 is 10.2 Å². The summed E-state index contributed by atoms with van der Waals surface area (Å²) in [4.78, 5) is 2.61. The van der Waals surface area contributed by atoms with E-state index in [4.69, 9.17) is 0 Å². The summed E-state index contributed by atoms with van der Waals surface area (Å²) in [5.41, 5.74) is 0. The number of nitrogens with zero attached hydrogens (tertiary/aromatic N) is 1. The lowest BCUT2D eigenvalue weighted by atomic mass is 9.90. The van der Waals surface area contributed by atoms with Crippen LogP contribution in [0.5, 0.6) is 0 Å². The minimum absolute atomic E-state index is 0.762. The highest BCUT2D eigenvalue weighted by Gasteiger charge is 2.25. The van der Waals surface area contributed by atoms with E-state index in [0.29, 0.717) is 0 Å². The van der Waals surface area contributed by atoms with E-state index in [1.807, 2.05) is 0 Å². The van der Waals surface area contributed by atoms with E-state index in [-0.39, 0.29) is 0 Å². The van der Waals surface area contributed by atoms with Crippen LogP contribution in [-0.2, 0) is 0 Å². The van der Waals surface area contributed by atoms with E-state index in [9.17, 15) is 0 Å². The Hall–Kier alpha value is -0.0800. The summed E-state index contributed by atoms with van der Waals surface area (Å²) in [6, 6.07) is 0.762. The summed E-state index contributed by atoms with van der Waals surface area (Å²) >= 11 is 0. The third-order valence-corrected chi connectivity index (χ3v) is 3.25. The van der Waals surface area contributed by atoms with Gasteiger partial charge in [0.05, 0.1) is 0 Å². The molecule has 0 aromatic carbocycles. The van der Waals surface area contributed by atoms with E-state index in [2.05, 4.69) is 31.1 Å². The fraction of sp³-hybridized carbons (Fsp3) is 1.00. The van der Waals surface area contributed by atoms with Crippen LogP contribution in [0.1, 0.15) is 33.1 Å². The van der Waals surface area contributed by atoms with Crippen molar-refractivity contribution in [2.24, 2.45) is 5.92 Å². The minimum atomic E-state index is 0.762. The fourth-order valence-corrected chi connectivity index (χ4v) is 2.42. The van der Waals surface area contributed by atoms with Gasteiger partial charge in [0.15, 0.2) is 0 Å². The molecule has 13 heavy (non-hydrogen) atoms. The molecule has 2 heteroatoms. The van der Waals surface area contributed by atoms with E-state index < -0.39 is 0 Å². The van der Waals surface area contributed by atoms with Gasteiger partial charge in [-0.3, -0.25) is 0 Å². The second-order valence-electron chi connectivity index (χ2n) is 4.15. The number of rotatable bonds is 4. The molecule has 0 aromatic heterocycles. The van der Waals surface area contributed by atoms with Crippen LogP contribution in [0.4, 0.5) is 0 Å². The lowest BCUT2D eigenvalue weighted by molar-refractivity contribution is 0.139. The van der Waals surface area contributed by atoms with Crippen LogP contribution >= 0.6 is 0 Å². The Morgan fingerprint density at radius 3 is 2.69 bits per heavy atom. The smallest absolute Gasteiger partial charge is 0.0117 e. The van der Waals surface area contributed by atoms with Gasteiger partial charge >= 0.3 is 0 Å². The zero-order chi connectivity index (χ0) is 9.68. The van der Waals surface area contributed by atoms with Gasteiger partial charge in [0.2, 0.25) is 0 Å². The first-order chi connectivity index (χ1) is 6.31. The fourth-order valence-electron chi connectivity index (χ4n) is 2.42. The highest BCUT2D eigenvalue weighted by molar-refractivity contribution is 4.83. The van der Waals surface area contributed by atoms with Crippen molar-refractivity contribution in [1.82, 2.24) is 10.2 Å². The maximum Gasteiger partial charge on any atom is 0.0117 e. The zero-order valence-corrected chi connectivity index (χ0v) is 9.34. The first kappa shape index (κ1) is 11.0. The summed E-state index contributed by atoms with van der Waals surface area (Å²) in [6.07, 6.45) is 3.93. The van der Waals surface area contributed by atoms with E-state index >= 15 is 0 Å². The molecule has 0 spiro atoms. The Morgan fingerprint density at radius 2 is 2.15 bits per heavy atom. The lowest BCUT2D eigenvalue weighted by Crippen LogP contribution is -2.48. The molecule has 78 valence electrons. The molecular weight excluding hydrogens is 160 g/mol. The zero-order valence-electron chi connectivity index (χ0n) is 9.34. The Labute approximate surface area is 82.7 Å². The summed E-state index contributed by atoms with van der Waals surface area (Å²) in [5.74, 6) is 0.866. The van der Waals surface area contributed by atoms with Crippen LogP contribution in [0.2, 0.25) is 0 Å². The standard InChI is InChI=1S/C11H24N2/c1-4-7-13-8-6-11(12-3)10(5-2)9-13/h10-12H,4-9H2,1-3H3. The van der Waals surface area contributed by atoms with Crippen LogP contribution in [0, 0.1) is 5.92 Å². The summed E-state index contributed by atoms with van der Waals surface area (Å²) in [6.45, 7) is 8.45. The highest BCUT2D eigenvalue weighted by atomic mass is 15.1. The number of likely N-dealkylation sites (tertiary alicyclic amines) is 1. The van der Waals surface area contributed by atoms with Crippen LogP contribution < -0.4 is 5.32 Å². The molecule has 2 unspecified atom stereocenters. The Morgan fingerprint density at radius 1 is 1.38 bits per heavy atom. The molecule has 0 bridgehead atoms. The van der Waals surface area contributed by atoms with Gasteiger partial charge in [-0.1, -0.05) is 20.3 Å². The first-order valence-electron chi connectivity index (χ1n) is 5.71.